The van der Waals surface area contributed by atoms with E-state index in [0.29, 0.717) is 6.42 Å². The van der Waals surface area contributed by atoms with Gasteiger partial charge in [-0.3, -0.25) is 4.55 Å². The molecule has 0 aromatic heterocycles. The molecule has 0 spiro atoms. The lowest BCUT2D eigenvalue weighted by atomic mass is 10.1. The highest BCUT2D eigenvalue weighted by atomic mass is 32.3. The van der Waals surface area contributed by atoms with Gasteiger partial charge in [0.05, 0.1) is 6.61 Å². The SMILES string of the molecule is CCCCCCCC.CCCCOS(=O)(=O)O. The van der Waals surface area contributed by atoms with E-state index in [4.69, 9.17) is 4.55 Å². The minimum Gasteiger partial charge on any atom is -0.264 e. The van der Waals surface area contributed by atoms with Crippen LogP contribution in [0.1, 0.15) is 72.1 Å². The lowest BCUT2D eigenvalue weighted by Gasteiger charge is -1.95. The molecule has 5 heteroatoms. The van der Waals surface area contributed by atoms with Crippen molar-refractivity contribution < 1.29 is 17.2 Å². The van der Waals surface area contributed by atoms with Crippen molar-refractivity contribution in [3.63, 3.8) is 0 Å². The van der Waals surface area contributed by atoms with Crippen LogP contribution in [0, 0.1) is 0 Å². The van der Waals surface area contributed by atoms with Gasteiger partial charge in [-0.05, 0) is 6.42 Å². The first-order chi connectivity index (χ1) is 7.97. The summed E-state index contributed by atoms with van der Waals surface area (Å²) in [5, 5.41) is 0. The molecule has 0 saturated carbocycles. The molecule has 0 aliphatic rings. The van der Waals surface area contributed by atoms with Gasteiger partial charge in [-0.2, -0.15) is 8.42 Å². The predicted molar refractivity (Wildman–Crippen MR) is 71.5 cm³/mol. The maximum absolute atomic E-state index is 9.84. The third kappa shape index (κ3) is 25.8. The van der Waals surface area contributed by atoms with Gasteiger partial charge in [-0.15, -0.1) is 0 Å². The van der Waals surface area contributed by atoms with Crippen LogP contribution in [0.2, 0.25) is 0 Å². The summed E-state index contributed by atoms with van der Waals surface area (Å²) in [4.78, 5) is 0. The molecule has 4 nitrogen and oxygen atoms in total. The van der Waals surface area contributed by atoms with Gasteiger partial charge in [0.15, 0.2) is 0 Å². The second kappa shape index (κ2) is 13.9. The molecule has 0 radical (unpaired) electrons. The Labute approximate surface area is 107 Å². The van der Waals surface area contributed by atoms with Crippen molar-refractivity contribution in [2.45, 2.75) is 72.1 Å². The van der Waals surface area contributed by atoms with Crippen LogP contribution in [0.15, 0.2) is 0 Å². The number of hydrogen-bond acceptors (Lipinski definition) is 3. The Hall–Kier alpha value is -0.130. The Morgan fingerprint density at radius 2 is 1.24 bits per heavy atom. The van der Waals surface area contributed by atoms with Gasteiger partial charge >= 0.3 is 10.4 Å². The van der Waals surface area contributed by atoms with Gasteiger partial charge in [0.25, 0.3) is 0 Å². The number of unbranched alkanes of at least 4 members (excludes halogenated alkanes) is 6. The maximum atomic E-state index is 9.84. The third-order valence-corrected chi connectivity index (χ3v) is 2.65. The molecule has 0 aromatic rings. The first kappa shape index (κ1) is 19.2. The first-order valence-electron chi connectivity index (χ1n) is 6.59. The van der Waals surface area contributed by atoms with Gasteiger partial charge in [0.2, 0.25) is 0 Å². The second-order valence-corrected chi connectivity index (χ2v) is 5.11. The maximum Gasteiger partial charge on any atom is 0.397 e. The molecule has 0 bridgehead atoms. The normalized spacial score (nSPS) is 10.8. The molecule has 0 heterocycles. The van der Waals surface area contributed by atoms with E-state index < -0.39 is 10.4 Å². The molecule has 17 heavy (non-hydrogen) atoms. The summed E-state index contributed by atoms with van der Waals surface area (Å²) in [5.74, 6) is 0. The lowest BCUT2D eigenvalue weighted by Crippen LogP contribution is -2.04. The molecular weight excluding hydrogens is 240 g/mol. The highest BCUT2D eigenvalue weighted by molar-refractivity contribution is 7.80. The summed E-state index contributed by atoms with van der Waals surface area (Å²) in [5.41, 5.74) is 0. The predicted octanol–water partition coefficient (Wildman–Crippen LogP) is 3.97. The van der Waals surface area contributed by atoms with Crippen LogP contribution in [0.5, 0.6) is 0 Å². The molecule has 0 unspecified atom stereocenters. The smallest absolute Gasteiger partial charge is 0.264 e. The van der Waals surface area contributed by atoms with Crippen molar-refractivity contribution in [3.8, 4) is 0 Å². The van der Waals surface area contributed by atoms with Crippen LogP contribution in [0.25, 0.3) is 0 Å². The molecule has 0 aliphatic heterocycles. The van der Waals surface area contributed by atoms with Crippen LogP contribution in [-0.2, 0) is 14.6 Å². The fourth-order valence-corrected chi connectivity index (χ4v) is 1.49. The molecule has 0 saturated heterocycles. The third-order valence-electron chi connectivity index (χ3n) is 2.19. The average Bonchev–Trinajstić information content (AvgIpc) is 2.24. The van der Waals surface area contributed by atoms with Gasteiger partial charge in [0, 0.05) is 0 Å². The first-order valence-corrected chi connectivity index (χ1v) is 7.96. The van der Waals surface area contributed by atoms with Crippen LogP contribution < -0.4 is 0 Å². The molecular formula is C12H28O4S. The summed E-state index contributed by atoms with van der Waals surface area (Å²) < 4.78 is 31.7. The van der Waals surface area contributed by atoms with E-state index in [-0.39, 0.29) is 6.61 Å². The molecule has 0 aromatic carbocycles. The highest BCUT2D eigenvalue weighted by Crippen LogP contribution is 2.03. The Balaban J connectivity index is 0. The lowest BCUT2D eigenvalue weighted by molar-refractivity contribution is 0.264. The molecule has 0 fully saturated rings. The van der Waals surface area contributed by atoms with E-state index in [0.717, 1.165) is 6.42 Å². The average molecular weight is 268 g/mol. The van der Waals surface area contributed by atoms with Crippen molar-refractivity contribution in [2.24, 2.45) is 0 Å². The van der Waals surface area contributed by atoms with Crippen molar-refractivity contribution in [3.05, 3.63) is 0 Å². The minimum atomic E-state index is -4.20. The van der Waals surface area contributed by atoms with Crippen LogP contribution in [0.4, 0.5) is 0 Å². The van der Waals surface area contributed by atoms with Gasteiger partial charge in [0.1, 0.15) is 0 Å². The zero-order valence-corrected chi connectivity index (χ0v) is 12.3. The summed E-state index contributed by atoms with van der Waals surface area (Å²) in [6.07, 6.45) is 9.97. The number of rotatable bonds is 9. The summed E-state index contributed by atoms with van der Waals surface area (Å²) in [6.45, 7) is 6.47. The standard InChI is InChI=1S/C8H18.C4H10O4S/c1-3-5-7-8-6-4-2;1-2-3-4-8-9(5,6)7/h3-8H2,1-2H3;2-4H2,1H3,(H,5,6,7). The van der Waals surface area contributed by atoms with Crippen molar-refractivity contribution in [1.29, 1.82) is 0 Å². The Bertz CT molecular complexity index is 219. The van der Waals surface area contributed by atoms with Crippen LogP contribution in [0.3, 0.4) is 0 Å². The van der Waals surface area contributed by atoms with Gasteiger partial charge < -0.3 is 0 Å². The Morgan fingerprint density at radius 3 is 1.53 bits per heavy atom. The zero-order valence-electron chi connectivity index (χ0n) is 11.4. The fourth-order valence-electron chi connectivity index (χ4n) is 1.16. The number of hydrogen-bond donors (Lipinski definition) is 1. The molecule has 0 amide bonds. The minimum absolute atomic E-state index is 0.0648. The van der Waals surface area contributed by atoms with E-state index in [2.05, 4.69) is 18.0 Å². The fraction of sp³-hybridized carbons (Fsp3) is 1.00. The largest absolute Gasteiger partial charge is 0.397 e. The Morgan fingerprint density at radius 1 is 0.824 bits per heavy atom. The van der Waals surface area contributed by atoms with Crippen LogP contribution in [-0.4, -0.2) is 19.6 Å². The molecule has 1 N–H and O–H groups in total. The van der Waals surface area contributed by atoms with E-state index in [1.807, 2.05) is 6.92 Å². The van der Waals surface area contributed by atoms with Crippen molar-refractivity contribution >= 4 is 10.4 Å². The molecule has 0 rings (SSSR count). The van der Waals surface area contributed by atoms with E-state index in [9.17, 15) is 8.42 Å². The van der Waals surface area contributed by atoms with E-state index in [1.54, 1.807) is 0 Å². The summed E-state index contributed by atoms with van der Waals surface area (Å²) >= 11 is 0. The quantitative estimate of drug-likeness (QED) is 0.507. The van der Waals surface area contributed by atoms with E-state index >= 15 is 0 Å². The van der Waals surface area contributed by atoms with Crippen molar-refractivity contribution in [2.75, 3.05) is 6.61 Å². The van der Waals surface area contributed by atoms with Crippen LogP contribution >= 0.6 is 0 Å². The monoisotopic (exact) mass is 268 g/mol. The topological polar surface area (TPSA) is 63.6 Å². The van der Waals surface area contributed by atoms with Gasteiger partial charge in [-0.25, -0.2) is 4.18 Å². The highest BCUT2D eigenvalue weighted by Gasteiger charge is 2.01. The molecule has 0 atom stereocenters. The van der Waals surface area contributed by atoms with E-state index in [1.165, 1.54) is 38.5 Å². The second-order valence-electron chi connectivity index (χ2n) is 4.02. The molecule has 106 valence electrons. The van der Waals surface area contributed by atoms with Crippen molar-refractivity contribution in [1.82, 2.24) is 0 Å². The molecule has 0 aliphatic carbocycles. The summed E-state index contributed by atoms with van der Waals surface area (Å²) in [7, 11) is -4.20. The summed E-state index contributed by atoms with van der Waals surface area (Å²) in [6, 6.07) is 0. The van der Waals surface area contributed by atoms with Gasteiger partial charge in [-0.1, -0.05) is 65.7 Å². The Kier molecular flexibility index (Phi) is 15.7. The zero-order chi connectivity index (χ0) is 13.6.